The van der Waals surface area contributed by atoms with E-state index in [1.54, 1.807) is 0 Å². The maximum atomic E-state index is 11.8. The predicted octanol–water partition coefficient (Wildman–Crippen LogP) is 1.24. The number of aryl methyl sites for hydroxylation is 1. The highest BCUT2D eigenvalue weighted by Crippen LogP contribution is 2.33. The fraction of sp³-hybridized carbons (Fsp3) is 0.417. The van der Waals surface area contributed by atoms with E-state index in [0.29, 0.717) is 11.7 Å². The van der Waals surface area contributed by atoms with Crippen molar-refractivity contribution in [3.63, 3.8) is 0 Å². The summed E-state index contributed by atoms with van der Waals surface area (Å²) in [5, 5.41) is 0. The fourth-order valence-corrected chi connectivity index (χ4v) is 1.62. The Labute approximate surface area is 85.9 Å². The van der Waals surface area contributed by atoms with Crippen molar-refractivity contribution in [3.05, 3.63) is 29.3 Å². The summed E-state index contributed by atoms with van der Waals surface area (Å²) >= 11 is 0. The molecule has 1 aliphatic carbocycles. The molecule has 1 fully saturated rings. The molecule has 14 heavy (non-hydrogen) atoms. The van der Waals surface area contributed by atoms with Crippen LogP contribution in [0, 0.1) is 12.8 Å². The van der Waals surface area contributed by atoms with E-state index in [-0.39, 0.29) is 0 Å². The molecule has 0 spiro atoms. The van der Waals surface area contributed by atoms with Crippen LogP contribution in [0.3, 0.4) is 0 Å². The summed E-state index contributed by atoms with van der Waals surface area (Å²) in [6, 6.07) is 6.00. The minimum absolute atomic E-state index is 0.315. The topological polar surface area (TPSA) is 17.1 Å². The number of carbonyl (C=O) groups excluding carboxylic acids is 1. The second kappa shape index (κ2) is 3.60. The van der Waals surface area contributed by atoms with Crippen LogP contribution in [0.4, 0.5) is 0 Å². The van der Waals surface area contributed by atoms with Gasteiger partial charge >= 0.3 is 0 Å². The van der Waals surface area contributed by atoms with Crippen molar-refractivity contribution >= 4 is 19.1 Å². The molecule has 1 saturated carbocycles. The average Bonchev–Trinajstić information content (AvgIpc) is 2.93. The first-order valence-corrected chi connectivity index (χ1v) is 5.27. The Hall–Kier alpha value is -1.05. The van der Waals surface area contributed by atoms with E-state index in [0.717, 1.165) is 12.0 Å². The zero-order valence-corrected chi connectivity index (χ0v) is 8.84. The summed E-state index contributed by atoms with van der Waals surface area (Å²) in [4.78, 5) is 11.8. The van der Waals surface area contributed by atoms with Crippen molar-refractivity contribution in [2.24, 2.45) is 5.92 Å². The summed E-state index contributed by atoms with van der Waals surface area (Å²) in [7, 11) is 2.06. The van der Waals surface area contributed by atoms with Gasteiger partial charge in [0.25, 0.3) is 0 Å². The van der Waals surface area contributed by atoms with Gasteiger partial charge in [-0.25, -0.2) is 0 Å². The standard InChI is InChI=1S/C12H15BO/c1-8-2-5-10(7-11(8)13)12(14)6-9-3-4-9/h2,5,7,9H,3-4,6,13H2,1H3. The lowest BCUT2D eigenvalue weighted by molar-refractivity contribution is 0.0976. The maximum Gasteiger partial charge on any atom is 0.163 e. The molecule has 1 aromatic carbocycles. The second-order valence-corrected chi connectivity index (χ2v) is 4.37. The van der Waals surface area contributed by atoms with Gasteiger partial charge in [-0.05, 0) is 25.7 Å². The number of Topliss-reactive ketones (excluding diaryl/α,β-unsaturated/α-hetero) is 1. The molecule has 0 amide bonds. The Kier molecular flexibility index (Phi) is 2.45. The molecule has 0 radical (unpaired) electrons. The lowest BCUT2D eigenvalue weighted by Gasteiger charge is -2.03. The molecular weight excluding hydrogens is 171 g/mol. The summed E-state index contributed by atoms with van der Waals surface area (Å²) in [6.45, 7) is 2.07. The van der Waals surface area contributed by atoms with Crippen molar-refractivity contribution in [1.82, 2.24) is 0 Å². The van der Waals surface area contributed by atoms with Gasteiger partial charge in [-0.15, -0.1) is 0 Å². The van der Waals surface area contributed by atoms with Crippen molar-refractivity contribution in [1.29, 1.82) is 0 Å². The summed E-state index contributed by atoms with van der Waals surface area (Å²) in [5.74, 6) is 1.000. The van der Waals surface area contributed by atoms with Gasteiger partial charge in [-0.3, -0.25) is 4.79 Å². The second-order valence-electron chi connectivity index (χ2n) is 4.37. The molecule has 0 heterocycles. The van der Waals surface area contributed by atoms with E-state index in [2.05, 4.69) is 14.8 Å². The highest BCUT2D eigenvalue weighted by molar-refractivity contribution is 6.33. The van der Waals surface area contributed by atoms with E-state index in [4.69, 9.17) is 0 Å². The number of hydrogen-bond donors (Lipinski definition) is 0. The van der Waals surface area contributed by atoms with E-state index < -0.39 is 0 Å². The van der Waals surface area contributed by atoms with Gasteiger partial charge in [0.05, 0.1) is 0 Å². The molecule has 2 rings (SSSR count). The zero-order chi connectivity index (χ0) is 10.1. The van der Waals surface area contributed by atoms with Crippen LogP contribution in [0.15, 0.2) is 18.2 Å². The molecule has 0 unspecified atom stereocenters. The molecule has 0 N–H and O–H groups in total. The molecule has 0 saturated heterocycles. The first kappa shape index (κ1) is 9.51. The van der Waals surface area contributed by atoms with Crippen LogP contribution in [-0.2, 0) is 0 Å². The molecule has 72 valence electrons. The van der Waals surface area contributed by atoms with Gasteiger partial charge < -0.3 is 0 Å². The van der Waals surface area contributed by atoms with Crippen molar-refractivity contribution in [2.45, 2.75) is 26.2 Å². The summed E-state index contributed by atoms with van der Waals surface area (Å²) in [5.41, 5.74) is 3.36. The van der Waals surface area contributed by atoms with Crippen LogP contribution in [0.5, 0.6) is 0 Å². The number of benzene rings is 1. The van der Waals surface area contributed by atoms with E-state index in [1.165, 1.54) is 23.9 Å². The van der Waals surface area contributed by atoms with E-state index in [9.17, 15) is 4.79 Å². The molecule has 0 atom stereocenters. The van der Waals surface area contributed by atoms with Crippen molar-refractivity contribution in [3.8, 4) is 0 Å². The normalized spacial score (nSPS) is 15.5. The Balaban J connectivity index is 2.14. The quantitative estimate of drug-likeness (QED) is 0.512. The van der Waals surface area contributed by atoms with Gasteiger partial charge in [0.2, 0.25) is 0 Å². The third-order valence-corrected chi connectivity index (χ3v) is 3.00. The SMILES string of the molecule is Bc1cc(C(=O)CC2CC2)ccc1C. The van der Waals surface area contributed by atoms with Crippen LogP contribution in [0.25, 0.3) is 0 Å². The molecule has 1 nitrogen and oxygen atoms in total. The Morgan fingerprint density at radius 1 is 1.50 bits per heavy atom. The number of ketones is 1. The predicted molar refractivity (Wildman–Crippen MR) is 61.0 cm³/mol. The van der Waals surface area contributed by atoms with Crippen LogP contribution in [0.1, 0.15) is 35.2 Å². The van der Waals surface area contributed by atoms with Gasteiger partial charge in [0, 0.05) is 12.0 Å². The molecule has 1 aromatic rings. The number of carbonyl (C=O) groups is 1. The fourth-order valence-electron chi connectivity index (χ4n) is 1.62. The molecular formula is C12H15BO. The number of rotatable bonds is 3. The minimum atomic E-state index is 0.315. The van der Waals surface area contributed by atoms with Gasteiger partial charge in [0.1, 0.15) is 7.85 Å². The smallest absolute Gasteiger partial charge is 0.163 e. The van der Waals surface area contributed by atoms with Gasteiger partial charge in [-0.1, -0.05) is 29.2 Å². The molecule has 2 heteroatoms. The third-order valence-electron chi connectivity index (χ3n) is 3.00. The lowest BCUT2D eigenvalue weighted by atomic mass is 9.88. The Bertz CT molecular complexity index is 367. The van der Waals surface area contributed by atoms with Crippen LogP contribution < -0.4 is 5.46 Å². The Morgan fingerprint density at radius 2 is 2.21 bits per heavy atom. The molecule has 0 aliphatic heterocycles. The van der Waals surface area contributed by atoms with Crippen molar-refractivity contribution < 1.29 is 4.79 Å². The minimum Gasteiger partial charge on any atom is -0.294 e. The van der Waals surface area contributed by atoms with E-state index in [1.807, 2.05) is 18.2 Å². The first-order valence-electron chi connectivity index (χ1n) is 5.27. The number of hydrogen-bond acceptors (Lipinski definition) is 1. The van der Waals surface area contributed by atoms with Crippen LogP contribution in [-0.4, -0.2) is 13.6 Å². The largest absolute Gasteiger partial charge is 0.294 e. The zero-order valence-electron chi connectivity index (χ0n) is 8.84. The average molecular weight is 186 g/mol. The highest BCUT2D eigenvalue weighted by Gasteiger charge is 2.24. The first-order chi connectivity index (χ1) is 6.66. The monoisotopic (exact) mass is 186 g/mol. The van der Waals surface area contributed by atoms with Crippen LogP contribution in [0.2, 0.25) is 0 Å². The molecule has 0 aromatic heterocycles. The van der Waals surface area contributed by atoms with Crippen LogP contribution >= 0.6 is 0 Å². The highest BCUT2D eigenvalue weighted by atomic mass is 16.1. The molecule has 0 bridgehead atoms. The third kappa shape index (κ3) is 2.06. The lowest BCUT2D eigenvalue weighted by Crippen LogP contribution is -2.11. The van der Waals surface area contributed by atoms with Gasteiger partial charge in [-0.2, -0.15) is 0 Å². The van der Waals surface area contributed by atoms with Gasteiger partial charge in [0.15, 0.2) is 5.78 Å². The Morgan fingerprint density at radius 3 is 2.79 bits per heavy atom. The van der Waals surface area contributed by atoms with Crippen molar-refractivity contribution in [2.75, 3.05) is 0 Å². The summed E-state index contributed by atoms with van der Waals surface area (Å²) < 4.78 is 0. The van der Waals surface area contributed by atoms with E-state index >= 15 is 0 Å². The summed E-state index contributed by atoms with van der Waals surface area (Å²) in [6.07, 6.45) is 3.25. The molecule has 1 aliphatic rings. The maximum absolute atomic E-state index is 11.8.